The fourth-order valence-electron chi connectivity index (χ4n) is 5.32. The van der Waals surface area contributed by atoms with Crippen molar-refractivity contribution in [1.29, 1.82) is 0 Å². The van der Waals surface area contributed by atoms with Gasteiger partial charge in [-0.25, -0.2) is 0 Å². The summed E-state index contributed by atoms with van der Waals surface area (Å²) in [6.45, 7) is 9.85. The Balaban J connectivity index is 2.11. The third-order valence-corrected chi connectivity index (χ3v) is 6.05. The van der Waals surface area contributed by atoms with Gasteiger partial charge in [0.05, 0.1) is 5.41 Å². The van der Waals surface area contributed by atoms with Gasteiger partial charge in [0, 0.05) is 18.3 Å². The van der Waals surface area contributed by atoms with Crippen LogP contribution in [0.2, 0.25) is 0 Å². The Morgan fingerprint density at radius 1 is 1.30 bits per heavy atom. The number of esters is 1. The zero-order chi connectivity index (χ0) is 14.9. The molecule has 0 aromatic carbocycles. The van der Waals surface area contributed by atoms with E-state index in [0.29, 0.717) is 17.6 Å². The topological polar surface area (TPSA) is 43.4 Å². The third kappa shape index (κ3) is 1.52. The van der Waals surface area contributed by atoms with Crippen LogP contribution >= 0.6 is 0 Å². The Bertz CT molecular complexity index is 504. The van der Waals surface area contributed by atoms with Crippen LogP contribution in [0.3, 0.4) is 0 Å². The van der Waals surface area contributed by atoms with E-state index in [1.54, 1.807) is 0 Å². The molecule has 0 aromatic heterocycles. The second kappa shape index (κ2) is 3.96. The molecule has 0 N–H and O–H groups in total. The predicted octanol–water partition coefficient (Wildman–Crippen LogP) is 2.99. The van der Waals surface area contributed by atoms with Crippen molar-refractivity contribution >= 4 is 11.8 Å². The van der Waals surface area contributed by atoms with Crippen molar-refractivity contribution in [3.63, 3.8) is 0 Å². The number of ketones is 1. The van der Waals surface area contributed by atoms with Gasteiger partial charge in [-0.1, -0.05) is 32.9 Å². The highest BCUT2D eigenvalue weighted by Gasteiger charge is 2.68. The molecule has 0 radical (unpaired) electrons. The van der Waals surface area contributed by atoms with Gasteiger partial charge in [-0.15, -0.1) is 0 Å². The maximum Gasteiger partial charge on any atom is 0.302 e. The molecule has 0 saturated heterocycles. The molecule has 3 heteroatoms. The average molecular weight is 276 g/mol. The van der Waals surface area contributed by atoms with Crippen LogP contribution in [-0.4, -0.2) is 17.9 Å². The van der Waals surface area contributed by atoms with Crippen molar-refractivity contribution in [2.45, 2.75) is 47.1 Å². The number of allylic oxidation sites excluding steroid dienone is 2. The van der Waals surface area contributed by atoms with Gasteiger partial charge in [-0.2, -0.15) is 0 Å². The van der Waals surface area contributed by atoms with E-state index >= 15 is 0 Å². The quantitative estimate of drug-likeness (QED) is 0.546. The molecule has 3 aliphatic carbocycles. The summed E-state index contributed by atoms with van der Waals surface area (Å²) in [7, 11) is 0. The van der Waals surface area contributed by atoms with E-state index in [9.17, 15) is 9.59 Å². The average Bonchev–Trinajstić information content (AvgIpc) is 2.43. The summed E-state index contributed by atoms with van der Waals surface area (Å²) in [4.78, 5) is 24.4. The second-order valence-corrected chi connectivity index (χ2v) is 7.68. The lowest BCUT2D eigenvalue weighted by molar-refractivity contribution is -0.159. The van der Waals surface area contributed by atoms with Crippen molar-refractivity contribution in [3.8, 4) is 0 Å². The number of Topliss-reactive ketones (excluding diaryl/α,β-unsaturated/α-hetero) is 1. The van der Waals surface area contributed by atoms with Gasteiger partial charge in [0.15, 0.2) is 0 Å². The molecule has 2 saturated carbocycles. The molecule has 6 atom stereocenters. The van der Waals surface area contributed by atoms with E-state index in [4.69, 9.17) is 4.74 Å². The first-order chi connectivity index (χ1) is 9.19. The van der Waals surface area contributed by atoms with Gasteiger partial charge in [0.25, 0.3) is 0 Å². The fraction of sp³-hybridized carbons (Fsp3) is 0.765. The van der Waals surface area contributed by atoms with E-state index in [1.807, 2.05) is 6.92 Å². The Morgan fingerprint density at radius 2 is 1.95 bits per heavy atom. The maximum atomic E-state index is 12.9. The summed E-state index contributed by atoms with van der Waals surface area (Å²) in [5.74, 6) is 1.39. The summed E-state index contributed by atoms with van der Waals surface area (Å²) < 4.78 is 5.61. The SMILES string of the molecule is CC(=O)O[C@@H]1C[C@H](C)[C@@H]2C=C[C@]3(C)C(=O)C(C)(C)[C@H]2[C@@H]13. The number of ether oxygens (including phenoxy) is 1. The van der Waals surface area contributed by atoms with Crippen LogP contribution < -0.4 is 0 Å². The molecule has 4 bridgehead atoms. The summed E-state index contributed by atoms with van der Waals surface area (Å²) in [5.41, 5.74) is -0.800. The second-order valence-electron chi connectivity index (χ2n) is 7.68. The van der Waals surface area contributed by atoms with E-state index < -0.39 is 5.41 Å². The normalized spacial score (nSPS) is 48.2. The van der Waals surface area contributed by atoms with Crippen molar-refractivity contribution < 1.29 is 14.3 Å². The van der Waals surface area contributed by atoms with E-state index in [2.05, 4.69) is 32.9 Å². The largest absolute Gasteiger partial charge is 0.462 e. The maximum absolute atomic E-state index is 12.9. The van der Waals surface area contributed by atoms with Crippen molar-refractivity contribution in [2.75, 3.05) is 0 Å². The molecule has 3 rings (SSSR count). The molecule has 0 amide bonds. The Morgan fingerprint density at radius 3 is 2.55 bits per heavy atom. The molecule has 20 heavy (non-hydrogen) atoms. The fourth-order valence-corrected chi connectivity index (χ4v) is 5.32. The van der Waals surface area contributed by atoms with E-state index in [1.165, 1.54) is 6.92 Å². The number of carbonyl (C=O) groups is 2. The van der Waals surface area contributed by atoms with Crippen LogP contribution in [0.5, 0.6) is 0 Å². The first kappa shape index (κ1) is 13.8. The molecule has 3 aliphatic rings. The van der Waals surface area contributed by atoms with Crippen molar-refractivity contribution in [1.82, 2.24) is 0 Å². The van der Waals surface area contributed by atoms with Crippen molar-refractivity contribution in [3.05, 3.63) is 12.2 Å². The summed E-state index contributed by atoms with van der Waals surface area (Å²) in [6, 6.07) is 0. The number of hydrogen-bond acceptors (Lipinski definition) is 3. The van der Waals surface area contributed by atoms with Crippen LogP contribution in [0.25, 0.3) is 0 Å². The van der Waals surface area contributed by atoms with Gasteiger partial charge in [-0.05, 0) is 31.1 Å². The van der Waals surface area contributed by atoms with Crippen LogP contribution in [0, 0.1) is 34.5 Å². The number of rotatable bonds is 1. The van der Waals surface area contributed by atoms with Crippen LogP contribution in [-0.2, 0) is 14.3 Å². The van der Waals surface area contributed by atoms with Crippen LogP contribution in [0.1, 0.15) is 41.0 Å². The highest BCUT2D eigenvalue weighted by molar-refractivity contribution is 5.95. The number of hydrogen-bond donors (Lipinski definition) is 0. The van der Waals surface area contributed by atoms with Crippen LogP contribution in [0.15, 0.2) is 12.2 Å². The van der Waals surface area contributed by atoms with Gasteiger partial charge in [0.1, 0.15) is 11.9 Å². The van der Waals surface area contributed by atoms with E-state index in [0.717, 1.165) is 6.42 Å². The zero-order valence-corrected chi connectivity index (χ0v) is 13.0. The lowest BCUT2D eigenvalue weighted by Crippen LogP contribution is -2.50. The highest BCUT2D eigenvalue weighted by atomic mass is 16.5. The minimum atomic E-state index is -0.467. The number of carbonyl (C=O) groups excluding carboxylic acids is 2. The minimum Gasteiger partial charge on any atom is -0.462 e. The molecule has 3 nitrogen and oxygen atoms in total. The summed E-state index contributed by atoms with van der Waals surface area (Å²) in [5, 5.41) is 0. The van der Waals surface area contributed by atoms with E-state index in [-0.39, 0.29) is 29.3 Å². The Labute approximate surface area is 120 Å². The van der Waals surface area contributed by atoms with Crippen molar-refractivity contribution in [2.24, 2.45) is 34.5 Å². The third-order valence-electron chi connectivity index (χ3n) is 6.05. The molecule has 0 aliphatic heterocycles. The lowest BCUT2D eigenvalue weighted by Gasteiger charge is -2.50. The van der Waals surface area contributed by atoms with Gasteiger partial charge >= 0.3 is 5.97 Å². The van der Waals surface area contributed by atoms with Crippen LogP contribution in [0.4, 0.5) is 0 Å². The summed E-state index contributed by atoms with van der Waals surface area (Å²) >= 11 is 0. The van der Waals surface area contributed by atoms with Gasteiger partial charge in [0.2, 0.25) is 0 Å². The molecular weight excluding hydrogens is 252 g/mol. The molecule has 0 heterocycles. The van der Waals surface area contributed by atoms with Gasteiger partial charge < -0.3 is 4.74 Å². The summed E-state index contributed by atoms with van der Waals surface area (Å²) in [6.07, 6.45) is 5.10. The molecule has 0 unspecified atom stereocenters. The zero-order valence-electron chi connectivity index (χ0n) is 13.0. The smallest absolute Gasteiger partial charge is 0.302 e. The lowest BCUT2D eigenvalue weighted by atomic mass is 9.56. The molecule has 2 fully saturated rings. The molecule has 0 spiro atoms. The first-order valence-corrected chi connectivity index (χ1v) is 7.61. The standard InChI is InChI=1S/C17H24O3/c1-9-8-12(20-10(2)18)14-13-11(9)6-7-17(14,5)15(19)16(13,3)4/h6-7,9,11-14H,8H2,1-5H3/t9-,11-,12+,13+,14+,17-/m0/s1. The van der Waals surface area contributed by atoms with Gasteiger partial charge in [-0.3, -0.25) is 9.59 Å². The minimum absolute atomic E-state index is 0.121. The molecule has 0 aromatic rings. The molecular formula is C17H24O3. The monoisotopic (exact) mass is 276 g/mol. The Kier molecular flexibility index (Phi) is 2.74. The highest BCUT2D eigenvalue weighted by Crippen LogP contribution is 2.65. The molecule has 110 valence electrons. The first-order valence-electron chi connectivity index (χ1n) is 7.61. The Hall–Kier alpha value is -1.12. The predicted molar refractivity (Wildman–Crippen MR) is 75.8 cm³/mol.